The summed E-state index contributed by atoms with van der Waals surface area (Å²) >= 11 is 0. The van der Waals surface area contributed by atoms with Crippen molar-refractivity contribution in [1.82, 2.24) is 10.3 Å². The molecule has 0 saturated heterocycles. The fraction of sp³-hybridized carbons (Fsp3) is 0.737. The molecule has 2 nitrogen and oxygen atoms in total. The Labute approximate surface area is 129 Å². The lowest BCUT2D eigenvalue weighted by atomic mass is 9.69. The minimum absolute atomic E-state index is 0.464. The molecule has 2 aliphatic rings. The highest BCUT2D eigenvalue weighted by Gasteiger charge is 2.42. The van der Waals surface area contributed by atoms with Crippen molar-refractivity contribution in [3.05, 3.63) is 29.6 Å². The molecule has 2 unspecified atom stereocenters. The Hall–Kier alpha value is -0.890. The highest BCUT2D eigenvalue weighted by atomic mass is 14.9. The van der Waals surface area contributed by atoms with Crippen LogP contribution in [-0.2, 0) is 6.42 Å². The lowest BCUT2D eigenvalue weighted by Gasteiger charge is -2.42. The summed E-state index contributed by atoms with van der Waals surface area (Å²) in [4.78, 5) is 4.79. The van der Waals surface area contributed by atoms with E-state index in [4.69, 9.17) is 4.98 Å². The first kappa shape index (κ1) is 15.0. The largest absolute Gasteiger partial charge is 0.313 e. The van der Waals surface area contributed by atoms with Gasteiger partial charge in [0.05, 0.1) is 0 Å². The summed E-state index contributed by atoms with van der Waals surface area (Å²) in [5, 5.41) is 3.92. The van der Waals surface area contributed by atoms with Crippen molar-refractivity contribution >= 4 is 0 Å². The van der Waals surface area contributed by atoms with Gasteiger partial charge in [-0.15, -0.1) is 0 Å². The molecule has 2 aliphatic carbocycles. The van der Waals surface area contributed by atoms with E-state index >= 15 is 0 Å². The second-order valence-corrected chi connectivity index (χ2v) is 7.34. The zero-order chi connectivity index (χ0) is 14.7. The molecule has 1 aromatic rings. The number of hydrogen-bond donors (Lipinski definition) is 1. The maximum absolute atomic E-state index is 4.79. The van der Waals surface area contributed by atoms with Crippen LogP contribution < -0.4 is 5.32 Å². The number of fused-ring (bicyclic) bond motifs is 1. The van der Waals surface area contributed by atoms with Crippen LogP contribution in [0.2, 0.25) is 0 Å². The summed E-state index contributed by atoms with van der Waals surface area (Å²) in [5.41, 5.74) is 3.36. The predicted molar refractivity (Wildman–Crippen MR) is 88.6 cm³/mol. The van der Waals surface area contributed by atoms with Crippen LogP contribution >= 0.6 is 0 Å². The Morgan fingerprint density at radius 3 is 2.90 bits per heavy atom. The zero-order valence-electron chi connectivity index (χ0n) is 13.7. The van der Waals surface area contributed by atoms with Gasteiger partial charge in [0.25, 0.3) is 0 Å². The van der Waals surface area contributed by atoms with Gasteiger partial charge in [0, 0.05) is 23.9 Å². The van der Waals surface area contributed by atoms with Crippen molar-refractivity contribution in [2.24, 2.45) is 5.41 Å². The molecule has 0 radical (unpaired) electrons. The number of aromatic nitrogens is 1. The molecule has 0 bridgehead atoms. The zero-order valence-corrected chi connectivity index (χ0v) is 13.7. The average Bonchev–Trinajstić information content (AvgIpc) is 2.95. The van der Waals surface area contributed by atoms with Gasteiger partial charge in [-0.25, -0.2) is 0 Å². The fourth-order valence-corrected chi connectivity index (χ4v) is 4.64. The van der Waals surface area contributed by atoms with Crippen molar-refractivity contribution in [3.8, 4) is 0 Å². The van der Waals surface area contributed by atoms with Crippen molar-refractivity contribution < 1.29 is 0 Å². The molecule has 1 saturated carbocycles. The molecular weight excluding hydrogens is 256 g/mol. The van der Waals surface area contributed by atoms with Crippen LogP contribution in [-0.4, -0.2) is 17.6 Å². The maximum atomic E-state index is 4.79. The third-order valence-electron chi connectivity index (χ3n) is 5.75. The fourth-order valence-electron chi connectivity index (χ4n) is 4.64. The summed E-state index contributed by atoms with van der Waals surface area (Å²) in [7, 11) is 0. The van der Waals surface area contributed by atoms with E-state index in [1.165, 1.54) is 62.6 Å². The van der Waals surface area contributed by atoms with Gasteiger partial charge in [-0.1, -0.05) is 32.8 Å². The first-order valence-corrected chi connectivity index (χ1v) is 8.92. The molecule has 0 amide bonds. The quantitative estimate of drug-likeness (QED) is 0.865. The number of pyridine rings is 1. The third kappa shape index (κ3) is 3.01. The van der Waals surface area contributed by atoms with Crippen LogP contribution in [0.15, 0.2) is 18.3 Å². The molecule has 21 heavy (non-hydrogen) atoms. The van der Waals surface area contributed by atoms with Gasteiger partial charge in [0.15, 0.2) is 0 Å². The maximum Gasteiger partial charge on any atom is 0.0482 e. The van der Waals surface area contributed by atoms with Crippen LogP contribution in [0.5, 0.6) is 0 Å². The van der Waals surface area contributed by atoms with Gasteiger partial charge in [0.2, 0.25) is 0 Å². The van der Waals surface area contributed by atoms with Crippen molar-refractivity contribution in [2.45, 2.75) is 77.2 Å². The number of rotatable bonds is 5. The molecule has 2 atom stereocenters. The predicted octanol–water partition coefficient (Wildman–Crippen LogP) is 4.45. The smallest absolute Gasteiger partial charge is 0.0482 e. The summed E-state index contributed by atoms with van der Waals surface area (Å²) in [6.07, 6.45) is 12.6. The van der Waals surface area contributed by atoms with Crippen molar-refractivity contribution in [3.63, 3.8) is 0 Å². The van der Waals surface area contributed by atoms with Gasteiger partial charge in [-0.2, -0.15) is 0 Å². The Morgan fingerprint density at radius 2 is 2.14 bits per heavy atom. The van der Waals surface area contributed by atoms with Crippen molar-refractivity contribution in [2.75, 3.05) is 6.54 Å². The monoisotopic (exact) mass is 286 g/mol. The van der Waals surface area contributed by atoms with E-state index in [1.54, 1.807) is 0 Å². The average molecular weight is 286 g/mol. The third-order valence-corrected chi connectivity index (χ3v) is 5.75. The molecule has 0 aliphatic heterocycles. The second-order valence-electron chi connectivity index (χ2n) is 7.34. The Balaban J connectivity index is 1.90. The molecule has 3 rings (SSSR count). The van der Waals surface area contributed by atoms with Crippen LogP contribution in [0.3, 0.4) is 0 Å². The second kappa shape index (κ2) is 6.48. The molecule has 1 aromatic heterocycles. The minimum atomic E-state index is 0.464. The van der Waals surface area contributed by atoms with Crippen LogP contribution in [0.4, 0.5) is 0 Å². The normalized spacial score (nSPS) is 25.5. The standard InChI is InChI=1S/C19H30N2/c1-3-13-21-18(19(2)11-4-5-12-19)16-10-6-8-15-9-7-14-20-17(15)16/h7,9,14,16,18,21H,3-6,8,10-13H2,1-2H3. The van der Waals surface area contributed by atoms with Crippen LogP contribution in [0.1, 0.15) is 76.0 Å². The lowest BCUT2D eigenvalue weighted by molar-refractivity contribution is 0.179. The molecule has 0 aromatic carbocycles. The van der Waals surface area contributed by atoms with E-state index in [0.717, 1.165) is 6.54 Å². The lowest BCUT2D eigenvalue weighted by Crippen LogP contribution is -2.47. The summed E-state index contributed by atoms with van der Waals surface area (Å²) in [5.74, 6) is 0.615. The SMILES string of the molecule is CCCNC(C1CCCc2cccnc21)C1(C)CCCC1. The van der Waals surface area contributed by atoms with Gasteiger partial charge in [-0.3, -0.25) is 4.98 Å². The van der Waals surface area contributed by atoms with Crippen LogP contribution in [0, 0.1) is 5.41 Å². The molecule has 1 fully saturated rings. The van der Waals surface area contributed by atoms with E-state index in [9.17, 15) is 0 Å². The molecule has 0 spiro atoms. The highest BCUT2D eigenvalue weighted by molar-refractivity contribution is 5.28. The van der Waals surface area contributed by atoms with E-state index in [0.29, 0.717) is 17.4 Å². The van der Waals surface area contributed by atoms with E-state index < -0.39 is 0 Å². The van der Waals surface area contributed by atoms with Gasteiger partial charge >= 0.3 is 0 Å². The number of hydrogen-bond acceptors (Lipinski definition) is 2. The number of aryl methyl sites for hydroxylation is 1. The first-order chi connectivity index (χ1) is 10.2. The Bertz CT molecular complexity index is 462. The first-order valence-electron chi connectivity index (χ1n) is 8.92. The summed E-state index contributed by atoms with van der Waals surface area (Å²) in [6, 6.07) is 5.00. The van der Waals surface area contributed by atoms with Gasteiger partial charge in [-0.05, 0) is 62.1 Å². The minimum Gasteiger partial charge on any atom is -0.313 e. The molecule has 116 valence electrons. The van der Waals surface area contributed by atoms with Gasteiger partial charge in [0.1, 0.15) is 0 Å². The van der Waals surface area contributed by atoms with E-state index in [-0.39, 0.29) is 0 Å². The number of nitrogens with zero attached hydrogens (tertiary/aromatic N) is 1. The number of nitrogens with one attached hydrogen (secondary N) is 1. The van der Waals surface area contributed by atoms with Crippen molar-refractivity contribution in [1.29, 1.82) is 0 Å². The summed E-state index contributed by atoms with van der Waals surface area (Å²) < 4.78 is 0. The van der Waals surface area contributed by atoms with E-state index in [2.05, 4.69) is 31.3 Å². The molecule has 2 heteroatoms. The molecule has 1 N–H and O–H groups in total. The van der Waals surface area contributed by atoms with E-state index in [1.807, 2.05) is 6.20 Å². The van der Waals surface area contributed by atoms with Gasteiger partial charge < -0.3 is 5.32 Å². The molecular formula is C19H30N2. The summed E-state index contributed by atoms with van der Waals surface area (Å²) in [6.45, 7) is 5.93. The highest BCUT2D eigenvalue weighted by Crippen LogP contribution is 2.47. The molecule has 1 heterocycles. The Kier molecular flexibility index (Phi) is 4.63. The Morgan fingerprint density at radius 1 is 1.33 bits per heavy atom. The topological polar surface area (TPSA) is 24.9 Å². The van der Waals surface area contributed by atoms with Crippen LogP contribution in [0.25, 0.3) is 0 Å².